The van der Waals surface area contributed by atoms with Gasteiger partial charge in [0.2, 0.25) is 0 Å². The van der Waals surface area contributed by atoms with Crippen LogP contribution in [0.3, 0.4) is 0 Å². The first-order valence-corrected chi connectivity index (χ1v) is 7.64. The molecule has 0 spiro atoms. The highest BCUT2D eigenvalue weighted by Gasteiger charge is 2.19. The van der Waals surface area contributed by atoms with Gasteiger partial charge in [-0.2, -0.15) is 0 Å². The predicted molar refractivity (Wildman–Crippen MR) is 84.4 cm³/mol. The van der Waals surface area contributed by atoms with Gasteiger partial charge in [0.15, 0.2) is 0 Å². The van der Waals surface area contributed by atoms with Crippen molar-refractivity contribution in [3.05, 3.63) is 33.3 Å². The zero-order valence-electron chi connectivity index (χ0n) is 11.7. The minimum atomic E-state index is 0.263. The Morgan fingerprint density at radius 3 is 2.56 bits per heavy atom. The van der Waals surface area contributed by atoms with Crippen LogP contribution in [0.1, 0.15) is 39.7 Å². The molecule has 0 heterocycles. The molecule has 0 aromatic heterocycles. The lowest BCUT2D eigenvalue weighted by molar-refractivity contribution is 0.320. The van der Waals surface area contributed by atoms with Gasteiger partial charge in [-0.15, -0.1) is 0 Å². The second-order valence-corrected chi connectivity index (χ2v) is 7.26. The molecule has 3 heteroatoms. The van der Waals surface area contributed by atoms with Crippen molar-refractivity contribution >= 4 is 27.5 Å². The topological polar surface area (TPSA) is 12.0 Å². The number of rotatable bonds is 6. The number of hydrogen-bond donors (Lipinski definition) is 1. The highest BCUT2D eigenvalue weighted by atomic mass is 79.9. The summed E-state index contributed by atoms with van der Waals surface area (Å²) in [4.78, 5) is 0. The van der Waals surface area contributed by atoms with Crippen LogP contribution in [0.15, 0.2) is 22.7 Å². The molecule has 102 valence electrons. The Hall–Kier alpha value is -0.0500. The van der Waals surface area contributed by atoms with Gasteiger partial charge in [-0.1, -0.05) is 61.3 Å². The Kier molecular flexibility index (Phi) is 6.16. The van der Waals surface area contributed by atoms with Gasteiger partial charge in [-0.25, -0.2) is 0 Å². The Labute approximate surface area is 124 Å². The molecule has 0 saturated carbocycles. The molecule has 0 saturated heterocycles. The summed E-state index contributed by atoms with van der Waals surface area (Å²) in [5, 5.41) is 4.33. The van der Waals surface area contributed by atoms with E-state index in [9.17, 15) is 0 Å². The highest BCUT2D eigenvalue weighted by Crippen LogP contribution is 2.30. The molecule has 1 N–H and O–H groups in total. The molecule has 0 unspecified atom stereocenters. The summed E-state index contributed by atoms with van der Waals surface area (Å²) in [6, 6.07) is 6.70. The van der Waals surface area contributed by atoms with E-state index in [2.05, 4.69) is 61.1 Å². The van der Waals surface area contributed by atoms with Crippen LogP contribution >= 0.6 is 27.5 Å². The van der Waals surface area contributed by atoms with Crippen molar-refractivity contribution in [1.29, 1.82) is 0 Å². The molecule has 1 rings (SSSR count). The molecule has 1 aromatic carbocycles. The summed E-state index contributed by atoms with van der Waals surface area (Å²) >= 11 is 9.71. The smallest absolute Gasteiger partial charge is 0.0449 e. The average molecular weight is 333 g/mol. The van der Waals surface area contributed by atoms with Gasteiger partial charge in [-0.05, 0) is 42.5 Å². The molecule has 0 aliphatic rings. The van der Waals surface area contributed by atoms with Crippen LogP contribution < -0.4 is 5.32 Å². The monoisotopic (exact) mass is 331 g/mol. The van der Waals surface area contributed by atoms with Crippen molar-refractivity contribution < 1.29 is 0 Å². The van der Waals surface area contributed by atoms with Crippen LogP contribution in [0.5, 0.6) is 0 Å². The van der Waals surface area contributed by atoms with Gasteiger partial charge < -0.3 is 5.32 Å². The molecule has 0 bridgehead atoms. The molecule has 18 heavy (non-hydrogen) atoms. The largest absolute Gasteiger partial charge is 0.315 e. The Bertz CT molecular complexity index is 388. The molecule has 0 aliphatic heterocycles. The molecule has 1 nitrogen and oxygen atoms in total. The van der Waals surface area contributed by atoms with Gasteiger partial charge in [0, 0.05) is 15.5 Å². The predicted octanol–water partition coefficient (Wildman–Crippen LogP) is 5.06. The Morgan fingerprint density at radius 2 is 2.00 bits per heavy atom. The zero-order chi connectivity index (χ0) is 13.8. The van der Waals surface area contributed by atoms with Gasteiger partial charge >= 0.3 is 0 Å². The van der Waals surface area contributed by atoms with Gasteiger partial charge in [0.25, 0.3) is 0 Å². The van der Waals surface area contributed by atoms with Crippen LogP contribution in [0.4, 0.5) is 0 Å². The summed E-state index contributed by atoms with van der Waals surface area (Å²) in [6.45, 7) is 10.0. The fraction of sp³-hybridized carbons (Fsp3) is 0.600. The molecule has 1 aromatic rings. The lowest BCUT2D eigenvalue weighted by atomic mass is 9.82. The molecule has 0 atom stereocenters. The maximum atomic E-state index is 6.27. The standard InChI is InChI=1S/C15H23BrClN/c1-11(2)18-8-7-15(3,4)10-12-5-6-13(16)9-14(12)17/h5-6,9,11,18H,7-8,10H2,1-4H3. The maximum absolute atomic E-state index is 6.27. The first-order chi connectivity index (χ1) is 8.30. The van der Waals surface area contributed by atoms with Crippen molar-refractivity contribution in [3.8, 4) is 0 Å². The molecule has 0 radical (unpaired) electrons. The van der Waals surface area contributed by atoms with Crippen LogP contribution in [0.2, 0.25) is 5.02 Å². The second kappa shape index (κ2) is 6.93. The lowest BCUT2D eigenvalue weighted by Crippen LogP contribution is -2.28. The van der Waals surface area contributed by atoms with Crippen molar-refractivity contribution in [2.45, 2.75) is 46.6 Å². The quantitative estimate of drug-likeness (QED) is 0.768. The first-order valence-electron chi connectivity index (χ1n) is 6.47. The normalized spacial score (nSPS) is 12.2. The molecule has 0 aliphatic carbocycles. The zero-order valence-corrected chi connectivity index (χ0v) is 14.0. The van der Waals surface area contributed by atoms with E-state index < -0.39 is 0 Å². The minimum absolute atomic E-state index is 0.263. The number of halogens is 2. The van der Waals surface area contributed by atoms with E-state index in [1.807, 2.05) is 6.07 Å². The van der Waals surface area contributed by atoms with Gasteiger partial charge in [0.05, 0.1) is 0 Å². The molecular formula is C15H23BrClN. The summed E-state index contributed by atoms with van der Waals surface area (Å²) in [6.07, 6.45) is 2.16. The minimum Gasteiger partial charge on any atom is -0.315 e. The first kappa shape index (κ1) is 16.0. The van der Waals surface area contributed by atoms with Crippen molar-refractivity contribution in [2.75, 3.05) is 6.54 Å². The Morgan fingerprint density at radius 1 is 1.33 bits per heavy atom. The van der Waals surface area contributed by atoms with E-state index >= 15 is 0 Å². The Balaban J connectivity index is 2.58. The third-order valence-corrected chi connectivity index (χ3v) is 3.88. The molecule has 0 amide bonds. The number of nitrogens with one attached hydrogen (secondary N) is 1. The van der Waals surface area contributed by atoms with E-state index in [0.717, 1.165) is 28.9 Å². The summed E-state index contributed by atoms with van der Waals surface area (Å²) in [5.41, 5.74) is 1.49. The average Bonchev–Trinajstić information content (AvgIpc) is 2.21. The molecular weight excluding hydrogens is 310 g/mol. The van der Waals surface area contributed by atoms with E-state index in [4.69, 9.17) is 11.6 Å². The van der Waals surface area contributed by atoms with Crippen LogP contribution in [-0.2, 0) is 6.42 Å². The lowest BCUT2D eigenvalue weighted by Gasteiger charge is -2.26. The van der Waals surface area contributed by atoms with Gasteiger partial charge in [-0.3, -0.25) is 0 Å². The van der Waals surface area contributed by atoms with E-state index in [1.165, 1.54) is 5.56 Å². The summed E-state index contributed by atoms with van der Waals surface area (Å²) in [7, 11) is 0. The third-order valence-electron chi connectivity index (χ3n) is 3.04. The second-order valence-electron chi connectivity index (χ2n) is 5.94. The molecule has 0 fully saturated rings. The third kappa shape index (κ3) is 5.73. The van der Waals surface area contributed by atoms with Crippen LogP contribution in [-0.4, -0.2) is 12.6 Å². The number of benzene rings is 1. The maximum Gasteiger partial charge on any atom is 0.0449 e. The van der Waals surface area contributed by atoms with Crippen molar-refractivity contribution in [2.24, 2.45) is 5.41 Å². The van der Waals surface area contributed by atoms with E-state index in [1.54, 1.807) is 0 Å². The SMILES string of the molecule is CC(C)NCCC(C)(C)Cc1ccc(Br)cc1Cl. The van der Waals surface area contributed by atoms with Crippen LogP contribution in [0, 0.1) is 5.41 Å². The van der Waals surface area contributed by atoms with Gasteiger partial charge in [0.1, 0.15) is 0 Å². The van der Waals surface area contributed by atoms with Crippen LogP contribution in [0.25, 0.3) is 0 Å². The fourth-order valence-corrected chi connectivity index (χ4v) is 2.71. The summed E-state index contributed by atoms with van der Waals surface area (Å²) in [5.74, 6) is 0. The highest BCUT2D eigenvalue weighted by molar-refractivity contribution is 9.10. The van der Waals surface area contributed by atoms with E-state index in [-0.39, 0.29) is 5.41 Å². The fourth-order valence-electron chi connectivity index (χ4n) is 1.97. The van der Waals surface area contributed by atoms with Crippen molar-refractivity contribution in [3.63, 3.8) is 0 Å². The van der Waals surface area contributed by atoms with Crippen molar-refractivity contribution in [1.82, 2.24) is 5.32 Å². The number of hydrogen-bond acceptors (Lipinski definition) is 1. The summed E-state index contributed by atoms with van der Waals surface area (Å²) < 4.78 is 1.04. The van der Waals surface area contributed by atoms with E-state index in [0.29, 0.717) is 6.04 Å².